The normalized spacial score (nSPS) is 10.3. The van der Waals surface area contributed by atoms with E-state index >= 15 is 0 Å². The number of ether oxygens (including phenoxy) is 1. The van der Waals surface area contributed by atoms with Crippen LogP contribution >= 0.6 is 28.1 Å². The van der Waals surface area contributed by atoms with Crippen LogP contribution in [0, 0.1) is 0 Å². The summed E-state index contributed by atoms with van der Waals surface area (Å²) in [6, 6.07) is 5.64. The van der Waals surface area contributed by atoms with Crippen LogP contribution in [0.25, 0.3) is 0 Å². The maximum Gasteiger partial charge on any atom is 0.129 e. The molecule has 5 heteroatoms. The van der Waals surface area contributed by atoms with Crippen molar-refractivity contribution >= 4 is 33.1 Å². The van der Waals surface area contributed by atoms with Crippen LogP contribution in [0.5, 0.6) is 5.75 Å². The second kappa shape index (κ2) is 8.45. The highest BCUT2D eigenvalue weighted by Crippen LogP contribution is 2.23. The lowest BCUT2D eigenvalue weighted by molar-refractivity contribution is 0.273. The molecule has 0 bridgehead atoms. The number of unbranched alkanes of at least 4 members (excludes halogenated alkanes) is 3. The van der Waals surface area contributed by atoms with E-state index in [1.165, 1.54) is 0 Å². The van der Waals surface area contributed by atoms with Gasteiger partial charge in [0, 0.05) is 11.1 Å². The zero-order valence-electron chi connectivity index (χ0n) is 10.2. The van der Waals surface area contributed by atoms with Crippen LogP contribution in [0.2, 0.25) is 0 Å². The summed E-state index contributed by atoms with van der Waals surface area (Å²) in [5, 5.41) is 8.66. The van der Waals surface area contributed by atoms with Gasteiger partial charge in [-0.05, 0) is 37.5 Å². The fourth-order valence-corrected chi connectivity index (χ4v) is 2.09. The van der Waals surface area contributed by atoms with Gasteiger partial charge in [-0.3, -0.25) is 0 Å². The first-order valence-electron chi connectivity index (χ1n) is 5.98. The van der Waals surface area contributed by atoms with Gasteiger partial charge in [-0.25, -0.2) is 0 Å². The lowest BCUT2D eigenvalue weighted by Gasteiger charge is -2.11. The molecule has 0 saturated heterocycles. The highest BCUT2D eigenvalue weighted by Gasteiger charge is 2.07. The van der Waals surface area contributed by atoms with Gasteiger partial charge in [0.2, 0.25) is 0 Å². The summed E-state index contributed by atoms with van der Waals surface area (Å²) < 4.78 is 6.61. The van der Waals surface area contributed by atoms with Crippen LogP contribution in [0.4, 0.5) is 0 Å². The van der Waals surface area contributed by atoms with Gasteiger partial charge in [0.1, 0.15) is 10.7 Å². The van der Waals surface area contributed by atoms with Gasteiger partial charge in [-0.2, -0.15) is 0 Å². The Kier molecular flexibility index (Phi) is 7.23. The molecule has 100 valence electrons. The van der Waals surface area contributed by atoms with E-state index in [-0.39, 0.29) is 6.61 Å². The van der Waals surface area contributed by atoms with E-state index in [0.29, 0.717) is 11.6 Å². The Bertz CT molecular complexity index is 399. The molecule has 0 heterocycles. The monoisotopic (exact) mass is 331 g/mol. The minimum atomic E-state index is 0.263. The molecular weight excluding hydrogens is 314 g/mol. The van der Waals surface area contributed by atoms with Gasteiger partial charge in [0.15, 0.2) is 0 Å². The molecule has 0 aliphatic carbocycles. The van der Waals surface area contributed by atoms with Gasteiger partial charge >= 0.3 is 0 Å². The van der Waals surface area contributed by atoms with E-state index in [9.17, 15) is 0 Å². The topological polar surface area (TPSA) is 55.5 Å². The fraction of sp³-hybridized carbons (Fsp3) is 0.462. The molecule has 0 amide bonds. The SMILES string of the molecule is NC(=S)c1cc(Br)ccc1OCCCCCCO. The van der Waals surface area contributed by atoms with Crippen molar-refractivity contribution in [1.29, 1.82) is 0 Å². The van der Waals surface area contributed by atoms with Crippen molar-refractivity contribution < 1.29 is 9.84 Å². The molecule has 3 nitrogen and oxygen atoms in total. The summed E-state index contributed by atoms with van der Waals surface area (Å²) >= 11 is 8.37. The Morgan fingerprint density at radius 1 is 1.28 bits per heavy atom. The lowest BCUT2D eigenvalue weighted by atomic mass is 10.2. The number of thiocarbonyl (C=S) groups is 1. The van der Waals surface area contributed by atoms with Crippen molar-refractivity contribution in [3.8, 4) is 5.75 Å². The summed E-state index contributed by atoms with van der Waals surface area (Å²) in [5.74, 6) is 0.729. The van der Waals surface area contributed by atoms with Crippen molar-refractivity contribution in [3.63, 3.8) is 0 Å². The van der Waals surface area contributed by atoms with Gasteiger partial charge in [-0.15, -0.1) is 0 Å². The Balaban J connectivity index is 2.44. The number of nitrogens with two attached hydrogens (primary N) is 1. The second-order valence-electron chi connectivity index (χ2n) is 3.99. The van der Waals surface area contributed by atoms with Crippen molar-refractivity contribution in [2.45, 2.75) is 25.7 Å². The van der Waals surface area contributed by atoms with E-state index in [1.54, 1.807) is 0 Å². The smallest absolute Gasteiger partial charge is 0.129 e. The fourth-order valence-electron chi connectivity index (χ4n) is 1.57. The lowest BCUT2D eigenvalue weighted by Crippen LogP contribution is -2.12. The Hall–Kier alpha value is -0.650. The summed E-state index contributed by atoms with van der Waals surface area (Å²) in [6.07, 6.45) is 3.91. The quantitative estimate of drug-likeness (QED) is 0.568. The molecule has 0 atom stereocenters. The zero-order chi connectivity index (χ0) is 13.4. The van der Waals surface area contributed by atoms with E-state index in [1.807, 2.05) is 18.2 Å². The number of benzene rings is 1. The molecule has 0 aliphatic heterocycles. The predicted octanol–water partition coefficient (Wildman–Crippen LogP) is 3.01. The van der Waals surface area contributed by atoms with Crippen LogP contribution in [0.15, 0.2) is 22.7 Å². The van der Waals surface area contributed by atoms with E-state index in [2.05, 4.69) is 15.9 Å². The van der Waals surface area contributed by atoms with Gasteiger partial charge in [0.25, 0.3) is 0 Å². The number of aliphatic hydroxyl groups is 1. The third kappa shape index (κ3) is 5.33. The first kappa shape index (κ1) is 15.4. The minimum absolute atomic E-state index is 0.263. The highest BCUT2D eigenvalue weighted by molar-refractivity contribution is 9.10. The largest absolute Gasteiger partial charge is 0.493 e. The van der Waals surface area contributed by atoms with Crippen molar-refractivity contribution in [2.75, 3.05) is 13.2 Å². The van der Waals surface area contributed by atoms with Crippen LogP contribution in [0.1, 0.15) is 31.2 Å². The summed E-state index contributed by atoms with van der Waals surface area (Å²) in [5.41, 5.74) is 6.42. The van der Waals surface area contributed by atoms with Crippen LogP contribution < -0.4 is 10.5 Å². The average Bonchev–Trinajstić information content (AvgIpc) is 2.35. The molecule has 0 spiro atoms. The van der Waals surface area contributed by atoms with E-state index < -0.39 is 0 Å². The van der Waals surface area contributed by atoms with Crippen molar-refractivity contribution in [2.24, 2.45) is 5.73 Å². The molecule has 0 saturated carbocycles. The minimum Gasteiger partial charge on any atom is -0.493 e. The molecule has 0 aromatic heterocycles. The van der Waals surface area contributed by atoms with Gasteiger partial charge in [0.05, 0.1) is 12.2 Å². The summed E-state index contributed by atoms with van der Waals surface area (Å²) in [6.45, 7) is 0.905. The number of hydrogen-bond donors (Lipinski definition) is 2. The van der Waals surface area contributed by atoms with Crippen LogP contribution in [0.3, 0.4) is 0 Å². The van der Waals surface area contributed by atoms with Gasteiger partial charge in [-0.1, -0.05) is 34.6 Å². The molecule has 1 rings (SSSR count). The molecule has 1 aromatic rings. The summed E-state index contributed by atoms with van der Waals surface area (Å²) in [4.78, 5) is 0.339. The number of hydrogen-bond acceptors (Lipinski definition) is 3. The molecule has 18 heavy (non-hydrogen) atoms. The predicted molar refractivity (Wildman–Crippen MR) is 81.1 cm³/mol. The Morgan fingerprint density at radius 2 is 2.00 bits per heavy atom. The van der Waals surface area contributed by atoms with E-state index in [4.69, 9.17) is 27.8 Å². The van der Waals surface area contributed by atoms with E-state index in [0.717, 1.165) is 41.5 Å². The van der Waals surface area contributed by atoms with Gasteiger partial charge < -0.3 is 15.6 Å². The van der Waals surface area contributed by atoms with Crippen LogP contribution in [-0.4, -0.2) is 23.3 Å². The molecule has 0 fully saturated rings. The third-order valence-electron chi connectivity index (χ3n) is 2.52. The highest BCUT2D eigenvalue weighted by atomic mass is 79.9. The first-order chi connectivity index (χ1) is 8.65. The van der Waals surface area contributed by atoms with Crippen molar-refractivity contribution in [3.05, 3.63) is 28.2 Å². The second-order valence-corrected chi connectivity index (χ2v) is 5.35. The number of rotatable bonds is 8. The molecule has 0 radical (unpaired) electrons. The summed E-state index contributed by atoms with van der Waals surface area (Å²) in [7, 11) is 0. The average molecular weight is 332 g/mol. The molecule has 0 unspecified atom stereocenters. The number of aliphatic hydroxyl groups excluding tert-OH is 1. The Morgan fingerprint density at radius 3 is 2.67 bits per heavy atom. The Labute approximate surface area is 121 Å². The molecular formula is C13H18BrNO2S. The van der Waals surface area contributed by atoms with Crippen LogP contribution in [-0.2, 0) is 0 Å². The molecule has 1 aromatic carbocycles. The maximum absolute atomic E-state index is 8.66. The standard InChI is InChI=1S/C13H18BrNO2S/c14-10-5-6-12(11(9-10)13(15)18)17-8-4-2-1-3-7-16/h5-6,9,16H,1-4,7-8H2,(H2,15,18). The molecule has 3 N–H and O–H groups in total. The van der Waals surface area contributed by atoms with Crippen molar-refractivity contribution in [1.82, 2.24) is 0 Å². The maximum atomic E-state index is 8.66. The molecule has 0 aliphatic rings. The number of halogens is 1. The first-order valence-corrected chi connectivity index (χ1v) is 7.18. The third-order valence-corrected chi connectivity index (χ3v) is 3.23. The zero-order valence-corrected chi connectivity index (χ0v) is 12.6.